The van der Waals surface area contributed by atoms with E-state index in [2.05, 4.69) is 15.0 Å². The number of thiazole rings is 1. The highest BCUT2D eigenvalue weighted by Gasteiger charge is 2.24. The summed E-state index contributed by atoms with van der Waals surface area (Å²) in [6, 6.07) is 0. The second-order valence-corrected chi connectivity index (χ2v) is 7.67. The molecule has 0 aromatic carbocycles. The van der Waals surface area contributed by atoms with Gasteiger partial charge in [0.05, 0.1) is 18.0 Å². The number of carboxylic acids is 2. The van der Waals surface area contributed by atoms with E-state index in [1.165, 1.54) is 5.38 Å². The lowest BCUT2D eigenvalue weighted by Gasteiger charge is -2.10. The van der Waals surface area contributed by atoms with Crippen molar-refractivity contribution in [2.45, 2.75) is 16.6 Å². The van der Waals surface area contributed by atoms with Crippen molar-refractivity contribution >= 4 is 69.3 Å². The standard InChI is InChI=1S/C11H11Cl3N2O6S/c12-11(13,14)4-22-10(21)16-9-15-6(3-23-9)1-5(8(19)20)2-7(17)18/h3,5H,1-2,4H2,(H,17,18)(H,19,20)(H,15,16,21)/t5-/m1/s1. The van der Waals surface area contributed by atoms with Crippen LogP contribution >= 0.6 is 46.1 Å². The first kappa shape index (κ1) is 19.8. The highest BCUT2D eigenvalue weighted by atomic mass is 35.6. The summed E-state index contributed by atoms with van der Waals surface area (Å²) in [5.74, 6) is -3.57. The first-order valence-corrected chi connectivity index (χ1v) is 7.97. The van der Waals surface area contributed by atoms with Crippen molar-refractivity contribution in [3.63, 3.8) is 0 Å². The van der Waals surface area contributed by atoms with E-state index in [0.717, 1.165) is 11.3 Å². The summed E-state index contributed by atoms with van der Waals surface area (Å²) in [7, 11) is 0. The van der Waals surface area contributed by atoms with Crippen LogP contribution in [0.4, 0.5) is 9.93 Å². The largest absolute Gasteiger partial charge is 0.481 e. The van der Waals surface area contributed by atoms with Crippen LogP contribution in [0.25, 0.3) is 0 Å². The zero-order chi connectivity index (χ0) is 17.6. The number of aliphatic carboxylic acids is 2. The number of alkyl halides is 3. The van der Waals surface area contributed by atoms with Crippen molar-refractivity contribution in [2.75, 3.05) is 11.9 Å². The van der Waals surface area contributed by atoms with Crippen LogP contribution in [0.5, 0.6) is 0 Å². The quantitative estimate of drug-likeness (QED) is 0.595. The van der Waals surface area contributed by atoms with Crippen molar-refractivity contribution in [1.29, 1.82) is 0 Å². The van der Waals surface area contributed by atoms with Gasteiger partial charge in [-0.3, -0.25) is 14.9 Å². The first-order valence-electron chi connectivity index (χ1n) is 5.96. The molecule has 0 unspecified atom stereocenters. The smallest absolute Gasteiger partial charge is 0.413 e. The Balaban J connectivity index is 2.58. The van der Waals surface area contributed by atoms with Crippen molar-refractivity contribution in [1.82, 2.24) is 4.98 Å². The van der Waals surface area contributed by atoms with Gasteiger partial charge in [0.1, 0.15) is 6.61 Å². The molecule has 128 valence electrons. The Kier molecular flexibility index (Phi) is 7.33. The highest BCUT2D eigenvalue weighted by Crippen LogP contribution is 2.26. The number of nitrogens with one attached hydrogen (secondary N) is 1. The lowest BCUT2D eigenvalue weighted by molar-refractivity contribution is -0.148. The maximum absolute atomic E-state index is 11.4. The summed E-state index contributed by atoms with van der Waals surface area (Å²) in [5.41, 5.74) is 0.334. The number of hydrogen-bond acceptors (Lipinski definition) is 6. The third-order valence-corrected chi connectivity index (χ3v) is 3.49. The van der Waals surface area contributed by atoms with Gasteiger partial charge in [-0.25, -0.2) is 9.78 Å². The van der Waals surface area contributed by atoms with Gasteiger partial charge in [0, 0.05) is 11.8 Å². The number of carbonyl (C=O) groups is 3. The normalized spacial score (nSPS) is 12.5. The number of halogens is 3. The number of hydrogen-bond donors (Lipinski definition) is 3. The second kappa shape index (κ2) is 8.53. The van der Waals surface area contributed by atoms with Crippen molar-refractivity contribution in [2.24, 2.45) is 5.92 Å². The molecule has 0 spiro atoms. The second-order valence-electron chi connectivity index (χ2n) is 4.30. The molecule has 0 saturated carbocycles. The van der Waals surface area contributed by atoms with Crippen LogP contribution in [0, 0.1) is 5.92 Å². The summed E-state index contributed by atoms with van der Waals surface area (Å²) < 4.78 is 2.90. The highest BCUT2D eigenvalue weighted by molar-refractivity contribution is 7.13. The Morgan fingerprint density at radius 2 is 2.00 bits per heavy atom. The average Bonchev–Trinajstić information content (AvgIpc) is 2.81. The van der Waals surface area contributed by atoms with Gasteiger partial charge in [-0.1, -0.05) is 34.8 Å². The minimum atomic E-state index is -1.74. The fourth-order valence-electron chi connectivity index (χ4n) is 1.44. The maximum atomic E-state index is 11.4. The van der Waals surface area contributed by atoms with E-state index in [1.54, 1.807) is 0 Å². The molecule has 23 heavy (non-hydrogen) atoms. The number of nitrogens with zero attached hydrogens (tertiary/aromatic N) is 1. The molecule has 0 fully saturated rings. The Labute approximate surface area is 149 Å². The van der Waals surface area contributed by atoms with Crippen LogP contribution < -0.4 is 5.32 Å². The fourth-order valence-corrected chi connectivity index (χ4v) is 2.31. The summed E-state index contributed by atoms with van der Waals surface area (Å²) >= 11 is 17.3. The van der Waals surface area contributed by atoms with Crippen LogP contribution in [0.3, 0.4) is 0 Å². The molecular formula is C11H11Cl3N2O6S. The molecule has 3 N–H and O–H groups in total. The van der Waals surface area contributed by atoms with Crippen LogP contribution in [0.2, 0.25) is 0 Å². The van der Waals surface area contributed by atoms with E-state index in [1.807, 2.05) is 0 Å². The summed E-state index contributed by atoms with van der Waals surface area (Å²) in [6.45, 7) is -0.457. The van der Waals surface area contributed by atoms with Crippen LogP contribution in [-0.4, -0.2) is 43.6 Å². The minimum absolute atomic E-state index is 0.0803. The average molecular weight is 406 g/mol. The molecule has 1 heterocycles. The predicted molar refractivity (Wildman–Crippen MR) is 84.5 cm³/mol. The summed E-state index contributed by atoms with van der Waals surface area (Å²) in [5, 5.41) is 21.6. The Hall–Kier alpha value is -1.29. The van der Waals surface area contributed by atoms with Crippen LogP contribution in [0.15, 0.2) is 5.38 Å². The molecule has 0 aliphatic carbocycles. The van der Waals surface area contributed by atoms with Crippen LogP contribution in [-0.2, 0) is 20.7 Å². The molecule has 12 heteroatoms. The summed E-state index contributed by atoms with van der Waals surface area (Å²) in [6.07, 6.45) is -1.50. The molecule has 0 radical (unpaired) electrons. The number of amides is 1. The zero-order valence-electron chi connectivity index (χ0n) is 11.3. The molecular weight excluding hydrogens is 395 g/mol. The van der Waals surface area contributed by atoms with Crippen LogP contribution in [0.1, 0.15) is 12.1 Å². The van der Waals surface area contributed by atoms with Gasteiger partial charge < -0.3 is 14.9 Å². The number of anilines is 1. The van der Waals surface area contributed by atoms with Gasteiger partial charge in [0.25, 0.3) is 0 Å². The number of carboxylic acid groups (broad SMARTS) is 2. The molecule has 0 saturated heterocycles. The first-order chi connectivity index (χ1) is 10.6. The third kappa shape index (κ3) is 8.21. The molecule has 8 nitrogen and oxygen atoms in total. The Bertz CT molecular complexity index is 589. The molecule has 1 aromatic heterocycles. The molecule has 1 amide bonds. The van der Waals surface area contributed by atoms with Gasteiger partial charge in [-0.05, 0) is 0 Å². The third-order valence-electron chi connectivity index (χ3n) is 2.35. The van der Waals surface area contributed by atoms with E-state index in [4.69, 9.17) is 45.0 Å². The van der Waals surface area contributed by atoms with Gasteiger partial charge >= 0.3 is 18.0 Å². The van der Waals surface area contributed by atoms with Crippen molar-refractivity contribution in [3.8, 4) is 0 Å². The van der Waals surface area contributed by atoms with E-state index in [0.29, 0.717) is 5.69 Å². The lowest BCUT2D eigenvalue weighted by atomic mass is 10.0. The molecule has 0 aliphatic heterocycles. The Morgan fingerprint density at radius 1 is 1.35 bits per heavy atom. The van der Waals surface area contributed by atoms with Gasteiger partial charge in [0.15, 0.2) is 5.13 Å². The predicted octanol–water partition coefficient (Wildman–Crippen LogP) is 2.78. The van der Waals surface area contributed by atoms with E-state index in [-0.39, 0.29) is 11.6 Å². The maximum Gasteiger partial charge on any atom is 0.413 e. The number of rotatable bonds is 7. The van der Waals surface area contributed by atoms with Gasteiger partial charge in [0.2, 0.25) is 3.79 Å². The van der Waals surface area contributed by atoms with Crippen molar-refractivity contribution < 1.29 is 29.3 Å². The molecule has 1 rings (SSSR count). The SMILES string of the molecule is O=C(O)C[C@@H](Cc1csc(NC(=O)OCC(Cl)(Cl)Cl)n1)C(=O)O. The molecule has 0 bridgehead atoms. The summed E-state index contributed by atoms with van der Waals surface area (Å²) in [4.78, 5) is 37.0. The Morgan fingerprint density at radius 3 is 2.52 bits per heavy atom. The number of aromatic nitrogens is 1. The van der Waals surface area contributed by atoms with E-state index < -0.39 is 40.8 Å². The van der Waals surface area contributed by atoms with Gasteiger partial charge in [-0.15, -0.1) is 11.3 Å². The monoisotopic (exact) mass is 404 g/mol. The molecule has 1 atom stereocenters. The van der Waals surface area contributed by atoms with E-state index in [9.17, 15) is 14.4 Å². The molecule has 0 aliphatic rings. The van der Waals surface area contributed by atoms with Crippen molar-refractivity contribution in [3.05, 3.63) is 11.1 Å². The van der Waals surface area contributed by atoms with E-state index >= 15 is 0 Å². The van der Waals surface area contributed by atoms with Gasteiger partial charge in [-0.2, -0.15) is 0 Å². The zero-order valence-corrected chi connectivity index (χ0v) is 14.4. The minimum Gasteiger partial charge on any atom is -0.481 e. The number of carbonyl (C=O) groups excluding carboxylic acids is 1. The number of ether oxygens (including phenoxy) is 1. The lowest BCUT2D eigenvalue weighted by Crippen LogP contribution is -2.21. The fraction of sp³-hybridized carbons (Fsp3) is 0.455. The topological polar surface area (TPSA) is 126 Å². The molecule has 1 aromatic rings.